The van der Waals surface area contributed by atoms with Gasteiger partial charge in [0.25, 0.3) is 0 Å². The lowest BCUT2D eigenvalue weighted by molar-refractivity contribution is 0.412. The fraction of sp³-hybridized carbons (Fsp3) is 0.400. The number of methoxy groups -OCH3 is 1. The minimum absolute atomic E-state index is 0.0361. The van der Waals surface area contributed by atoms with Gasteiger partial charge in [-0.25, -0.2) is 0 Å². The van der Waals surface area contributed by atoms with Gasteiger partial charge in [-0.3, -0.25) is 16.0 Å². The van der Waals surface area contributed by atoms with Crippen molar-refractivity contribution in [3.05, 3.63) is 45.7 Å². The number of rotatable bonds is 6. The summed E-state index contributed by atoms with van der Waals surface area (Å²) in [6.07, 6.45) is 3.71. The lowest BCUT2D eigenvalue weighted by Gasteiger charge is -2.16. The molecule has 5 nitrogen and oxygen atoms in total. The number of aryl methyl sites for hydroxylation is 2. The van der Waals surface area contributed by atoms with Gasteiger partial charge in [0.15, 0.2) is 0 Å². The van der Waals surface area contributed by atoms with E-state index in [1.165, 1.54) is 5.56 Å². The zero-order valence-electron chi connectivity index (χ0n) is 12.6. The molecule has 0 aliphatic carbocycles. The monoisotopic (exact) mass is 352 g/mol. The maximum Gasteiger partial charge on any atom is 0.133 e. The molecule has 6 heteroatoms. The quantitative estimate of drug-likeness (QED) is 0.619. The highest BCUT2D eigenvalue weighted by Crippen LogP contribution is 2.28. The van der Waals surface area contributed by atoms with Gasteiger partial charge >= 0.3 is 0 Å². The van der Waals surface area contributed by atoms with Crippen molar-refractivity contribution in [3.8, 4) is 5.75 Å². The van der Waals surface area contributed by atoms with E-state index in [-0.39, 0.29) is 6.04 Å². The summed E-state index contributed by atoms with van der Waals surface area (Å²) in [5, 5.41) is 4.48. The Morgan fingerprint density at radius 3 is 2.81 bits per heavy atom. The van der Waals surface area contributed by atoms with Crippen molar-refractivity contribution in [2.45, 2.75) is 25.8 Å². The Kier molecular flexibility index (Phi) is 5.39. The van der Waals surface area contributed by atoms with E-state index in [0.29, 0.717) is 0 Å². The molecule has 0 spiro atoms. The molecule has 1 atom stereocenters. The summed E-state index contributed by atoms with van der Waals surface area (Å²) in [6.45, 7) is 2.10. The molecule has 3 N–H and O–H groups in total. The summed E-state index contributed by atoms with van der Waals surface area (Å²) in [4.78, 5) is 0. The Labute approximate surface area is 133 Å². The van der Waals surface area contributed by atoms with Gasteiger partial charge in [0, 0.05) is 18.8 Å². The molecule has 1 heterocycles. The van der Waals surface area contributed by atoms with E-state index in [9.17, 15) is 0 Å². The van der Waals surface area contributed by atoms with Crippen LogP contribution in [0.25, 0.3) is 0 Å². The average Bonchev–Trinajstić information content (AvgIpc) is 2.86. The number of hydrogen-bond donors (Lipinski definition) is 2. The summed E-state index contributed by atoms with van der Waals surface area (Å²) < 4.78 is 8.04. The summed E-state index contributed by atoms with van der Waals surface area (Å²) in [5.41, 5.74) is 6.30. The van der Waals surface area contributed by atoms with Crippen LogP contribution in [0.4, 0.5) is 0 Å². The van der Waals surface area contributed by atoms with Crippen LogP contribution in [-0.4, -0.2) is 16.9 Å². The van der Waals surface area contributed by atoms with Crippen LogP contribution in [0.1, 0.15) is 29.8 Å². The minimum Gasteiger partial charge on any atom is -0.496 e. The topological polar surface area (TPSA) is 65.1 Å². The normalized spacial score (nSPS) is 12.4. The van der Waals surface area contributed by atoms with Gasteiger partial charge in [0.1, 0.15) is 5.75 Å². The maximum absolute atomic E-state index is 5.76. The summed E-state index contributed by atoms with van der Waals surface area (Å²) in [5.74, 6) is 6.58. The predicted molar refractivity (Wildman–Crippen MR) is 87.0 cm³/mol. The first-order chi connectivity index (χ1) is 10.1. The first-order valence-corrected chi connectivity index (χ1v) is 7.69. The summed E-state index contributed by atoms with van der Waals surface area (Å²) >= 11 is 3.51. The standard InChI is InChI=1S/C15H21BrN4O/c1-4-13-11(9-20(2)19-13)14(18-17)8-10-5-6-15(21-3)12(16)7-10/h5-7,9,14,18H,4,8,17H2,1-3H3. The van der Waals surface area contributed by atoms with Crippen LogP contribution >= 0.6 is 15.9 Å². The number of halogens is 1. The lowest BCUT2D eigenvalue weighted by atomic mass is 9.99. The number of nitrogens with one attached hydrogen (secondary N) is 1. The van der Waals surface area contributed by atoms with E-state index in [0.717, 1.165) is 34.3 Å². The first-order valence-electron chi connectivity index (χ1n) is 6.90. The molecule has 1 aromatic heterocycles. The summed E-state index contributed by atoms with van der Waals surface area (Å²) in [6, 6.07) is 6.10. The van der Waals surface area contributed by atoms with Crippen LogP contribution < -0.4 is 16.0 Å². The van der Waals surface area contributed by atoms with Gasteiger partial charge in [-0.15, -0.1) is 0 Å². The van der Waals surface area contributed by atoms with E-state index in [2.05, 4.69) is 45.5 Å². The van der Waals surface area contributed by atoms with Gasteiger partial charge in [-0.05, 0) is 46.5 Å². The van der Waals surface area contributed by atoms with Crippen LogP contribution in [0.5, 0.6) is 5.75 Å². The van der Waals surface area contributed by atoms with Crippen molar-refractivity contribution in [1.82, 2.24) is 15.2 Å². The third kappa shape index (κ3) is 3.64. The molecule has 0 fully saturated rings. The molecule has 0 aliphatic heterocycles. The van der Waals surface area contributed by atoms with Crippen molar-refractivity contribution >= 4 is 15.9 Å². The second-order valence-electron chi connectivity index (χ2n) is 4.95. The molecule has 0 amide bonds. The number of benzene rings is 1. The molecule has 1 aromatic carbocycles. The highest BCUT2D eigenvalue weighted by Gasteiger charge is 2.17. The van der Waals surface area contributed by atoms with Gasteiger partial charge in [-0.1, -0.05) is 13.0 Å². The molecular formula is C15H21BrN4O. The predicted octanol–water partition coefficient (Wildman–Crippen LogP) is 2.50. The molecule has 0 bridgehead atoms. The zero-order chi connectivity index (χ0) is 15.4. The molecule has 114 valence electrons. The van der Waals surface area contributed by atoms with Gasteiger partial charge < -0.3 is 4.74 Å². The highest BCUT2D eigenvalue weighted by molar-refractivity contribution is 9.10. The highest BCUT2D eigenvalue weighted by atomic mass is 79.9. The average molecular weight is 353 g/mol. The molecule has 1 unspecified atom stereocenters. The second-order valence-corrected chi connectivity index (χ2v) is 5.80. The van der Waals surface area contributed by atoms with Crippen molar-refractivity contribution in [1.29, 1.82) is 0 Å². The van der Waals surface area contributed by atoms with Crippen molar-refractivity contribution in [2.75, 3.05) is 7.11 Å². The SMILES string of the molecule is CCc1nn(C)cc1C(Cc1ccc(OC)c(Br)c1)NN. The number of nitrogens with zero attached hydrogens (tertiary/aromatic N) is 2. The van der Waals surface area contributed by atoms with Crippen molar-refractivity contribution < 1.29 is 4.74 Å². The largest absolute Gasteiger partial charge is 0.496 e. The smallest absolute Gasteiger partial charge is 0.133 e. The Hall–Kier alpha value is -1.37. The van der Waals surface area contributed by atoms with Crippen molar-refractivity contribution in [2.24, 2.45) is 12.9 Å². The van der Waals surface area contributed by atoms with Crippen LogP contribution in [0.2, 0.25) is 0 Å². The molecule has 2 rings (SSSR count). The number of hydrazine groups is 1. The molecular weight excluding hydrogens is 332 g/mol. The molecule has 0 saturated heterocycles. The molecule has 21 heavy (non-hydrogen) atoms. The van der Waals surface area contributed by atoms with E-state index in [4.69, 9.17) is 10.6 Å². The van der Waals surface area contributed by atoms with Crippen LogP contribution in [0.3, 0.4) is 0 Å². The Bertz CT molecular complexity index is 612. The van der Waals surface area contributed by atoms with Crippen LogP contribution in [-0.2, 0) is 19.9 Å². The van der Waals surface area contributed by atoms with E-state index >= 15 is 0 Å². The van der Waals surface area contributed by atoms with Gasteiger partial charge in [-0.2, -0.15) is 5.10 Å². The molecule has 2 aromatic rings. The molecule has 0 radical (unpaired) electrons. The minimum atomic E-state index is 0.0361. The third-order valence-electron chi connectivity index (χ3n) is 3.51. The van der Waals surface area contributed by atoms with E-state index in [1.54, 1.807) is 7.11 Å². The number of ether oxygens (including phenoxy) is 1. The second kappa shape index (κ2) is 7.06. The molecule has 0 aliphatic rings. The Morgan fingerprint density at radius 2 is 2.24 bits per heavy atom. The van der Waals surface area contributed by atoms with Crippen LogP contribution in [0, 0.1) is 0 Å². The fourth-order valence-corrected chi connectivity index (χ4v) is 3.04. The summed E-state index contributed by atoms with van der Waals surface area (Å²) in [7, 11) is 3.59. The third-order valence-corrected chi connectivity index (χ3v) is 4.12. The van der Waals surface area contributed by atoms with Crippen LogP contribution in [0.15, 0.2) is 28.9 Å². The first kappa shape index (κ1) is 16.0. The van der Waals surface area contributed by atoms with Gasteiger partial charge in [0.05, 0.1) is 23.3 Å². The lowest BCUT2D eigenvalue weighted by Crippen LogP contribution is -2.30. The van der Waals surface area contributed by atoms with Gasteiger partial charge in [0.2, 0.25) is 0 Å². The zero-order valence-corrected chi connectivity index (χ0v) is 14.1. The maximum atomic E-state index is 5.76. The van der Waals surface area contributed by atoms with E-state index < -0.39 is 0 Å². The Balaban J connectivity index is 2.24. The number of aromatic nitrogens is 2. The van der Waals surface area contributed by atoms with E-state index in [1.807, 2.05) is 24.0 Å². The fourth-order valence-electron chi connectivity index (χ4n) is 2.45. The van der Waals surface area contributed by atoms with Crippen molar-refractivity contribution in [3.63, 3.8) is 0 Å². The Morgan fingerprint density at radius 1 is 1.48 bits per heavy atom. The molecule has 0 saturated carbocycles. The number of nitrogens with two attached hydrogens (primary N) is 1. The number of hydrogen-bond acceptors (Lipinski definition) is 4.